The zero-order valence-electron chi connectivity index (χ0n) is 10.3. The molecule has 1 aromatic rings. The van der Waals surface area contributed by atoms with E-state index < -0.39 is 11.4 Å². The highest BCUT2D eigenvalue weighted by Crippen LogP contribution is 2.30. The van der Waals surface area contributed by atoms with Crippen LogP contribution in [-0.2, 0) is 17.8 Å². The van der Waals surface area contributed by atoms with E-state index >= 15 is 0 Å². The largest absolute Gasteiger partial charge is 0.591 e. The highest BCUT2D eigenvalue weighted by molar-refractivity contribution is 9.10. The molecule has 1 aliphatic carbocycles. The molecule has 0 bridgehead atoms. The molecule has 0 aromatic heterocycles. The molecule has 0 N–H and O–H groups in total. The van der Waals surface area contributed by atoms with Gasteiger partial charge in [-0.1, -0.05) is 32.5 Å². The summed E-state index contributed by atoms with van der Waals surface area (Å²) in [5.41, 5.74) is 3.42. The van der Waals surface area contributed by atoms with Crippen molar-refractivity contribution in [2.24, 2.45) is 4.40 Å². The maximum atomic E-state index is 12.0. The molecule has 0 radical (unpaired) electrons. The second kappa shape index (κ2) is 4.75. The third-order valence-electron chi connectivity index (χ3n) is 2.76. The van der Waals surface area contributed by atoms with Gasteiger partial charge < -0.3 is 4.55 Å². The van der Waals surface area contributed by atoms with Gasteiger partial charge in [0.25, 0.3) is 0 Å². The van der Waals surface area contributed by atoms with E-state index in [-0.39, 0.29) is 4.75 Å². The average Bonchev–Trinajstić information content (AvgIpc) is 2.62. The van der Waals surface area contributed by atoms with E-state index in [2.05, 4.69) is 26.4 Å². The minimum atomic E-state index is -1.17. The van der Waals surface area contributed by atoms with Crippen LogP contribution in [0.4, 0.5) is 0 Å². The molecular formula is C13H16BrNOS. The van der Waals surface area contributed by atoms with Crippen LogP contribution in [0.1, 0.15) is 38.3 Å². The molecule has 0 saturated heterocycles. The molecule has 2 rings (SSSR count). The van der Waals surface area contributed by atoms with Gasteiger partial charge in [0.15, 0.2) is 0 Å². The molecular weight excluding hydrogens is 298 g/mol. The van der Waals surface area contributed by atoms with Gasteiger partial charge in [0, 0.05) is 10.0 Å². The van der Waals surface area contributed by atoms with Crippen molar-refractivity contribution < 1.29 is 4.55 Å². The fourth-order valence-electron chi connectivity index (χ4n) is 1.79. The van der Waals surface area contributed by atoms with Crippen LogP contribution in [0.5, 0.6) is 0 Å². The lowest BCUT2D eigenvalue weighted by atomic mass is 10.1. The normalized spacial score (nSPS) is 19.5. The zero-order valence-corrected chi connectivity index (χ0v) is 12.7. The van der Waals surface area contributed by atoms with Gasteiger partial charge in [-0.25, -0.2) is 0 Å². The van der Waals surface area contributed by atoms with Crippen LogP contribution in [-0.4, -0.2) is 15.0 Å². The Kier molecular flexibility index (Phi) is 3.66. The zero-order chi connectivity index (χ0) is 12.6. The van der Waals surface area contributed by atoms with Crippen LogP contribution in [0, 0.1) is 0 Å². The molecule has 0 unspecified atom stereocenters. The Balaban J connectivity index is 2.34. The van der Waals surface area contributed by atoms with Crippen molar-refractivity contribution >= 4 is 33.0 Å². The Morgan fingerprint density at radius 3 is 2.65 bits per heavy atom. The van der Waals surface area contributed by atoms with Crippen molar-refractivity contribution in [1.29, 1.82) is 0 Å². The summed E-state index contributed by atoms with van der Waals surface area (Å²) in [7, 11) is 0. The number of fused-ring (bicyclic) bond motifs is 1. The Bertz CT molecular complexity index is 465. The summed E-state index contributed by atoms with van der Waals surface area (Å²) < 4.78 is 17.3. The van der Waals surface area contributed by atoms with Crippen LogP contribution in [0.2, 0.25) is 0 Å². The first kappa shape index (κ1) is 13.1. The van der Waals surface area contributed by atoms with Crippen molar-refractivity contribution in [2.75, 3.05) is 0 Å². The Morgan fingerprint density at radius 2 is 2.00 bits per heavy atom. The second-order valence-corrected chi connectivity index (χ2v) is 7.93. The van der Waals surface area contributed by atoms with Gasteiger partial charge in [-0.05, 0) is 45.2 Å². The summed E-state index contributed by atoms with van der Waals surface area (Å²) in [5, 5.41) is 0. The van der Waals surface area contributed by atoms with E-state index in [1.165, 1.54) is 5.56 Å². The van der Waals surface area contributed by atoms with Gasteiger partial charge in [0.05, 0.1) is 5.71 Å². The third kappa shape index (κ3) is 2.75. The molecule has 2 nitrogen and oxygen atoms in total. The second-order valence-electron chi connectivity index (χ2n) is 5.17. The fourth-order valence-corrected chi connectivity index (χ4v) is 3.02. The lowest BCUT2D eigenvalue weighted by Crippen LogP contribution is -2.26. The van der Waals surface area contributed by atoms with Crippen molar-refractivity contribution in [2.45, 2.75) is 38.4 Å². The van der Waals surface area contributed by atoms with E-state index in [0.29, 0.717) is 0 Å². The fraction of sp³-hybridized carbons (Fsp3) is 0.462. The first-order valence-electron chi connectivity index (χ1n) is 5.67. The third-order valence-corrected chi connectivity index (χ3v) is 4.94. The van der Waals surface area contributed by atoms with E-state index in [9.17, 15) is 4.55 Å². The summed E-state index contributed by atoms with van der Waals surface area (Å²) in [5.74, 6) is 0. The maximum Gasteiger partial charge on any atom is 0.144 e. The molecule has 0 fully saturated rings. The summed E-state index contributed by atoms with van der Waals surface area (Å²) >= 11 is 2.38. The van der Waals surface area contributed by atoms with Crippen LogP contribution < -0.4 is 0 Å². The average molecular weight is 314 g/mol. The molecule has 1 aliphatic rings. The summed E-state index contributed by atoms with van der Waals surface area (Å²) in [6.45, 7) is 5.85. The molecule has 0 saturated carbocycles. The van der Waals surface area contributed by atoms with E-state index in [1.807, 2.05) is 32.9 Å². The monoisotopic (exact) mass is 313 g/mol. The quantitative estimate of drug-likeness (QED) is 0.729. The number of benzene rings is 1. The standard InChI is InChI=1S/C13H16BrNOS/c1-13(2,3)17(16)15-12-8-7-9-10(12)5-4-6-11(9)14/h4-6H,7-8H2,1-3H3/t17-/m0/s1. The van der Waals surface area contributed by atoms with Gasteiger partial charge >= 0.3 is 0 Å². The number of halogens is 1. The van der Waals surface area contributed by atoms with Gasteiger partial charge in [-0.3, -0.25) is 0 Å². The van der Waals surface area contributed by atoms with Crippen molar-refractivity contribution in [3.63, 3.8) is 0 Å². The molecule has 0 heterocycles. The lowest BCUT2D eigenvalue weighted by molar-refractivity contribution is 0.561. The predicted molar refractivity (Wildman–Crippen MR) is 76.9 cm³/mol. The minimum Gasteiger partial charge on any atom is -0.591 e. The van der Waals surface area contributed by atoms with Gasteiger partial charge in [-0.2, -0.15) is 0 Å². The highest BCUT2D eigenvalue weighted by Gasteiger charge is 2.29. The smallest absolute Gasteiger partial charge is 0.144 e. The van der Waals surface area contributed by atoms with Crippen molar-refractivity contribution in [3.8, 4) is 0 Å². The number of hydrogen-bond donors (Lipinski definition) is 0. The first-order valence-corrected chi connectivity index (χ1v) is 7.57. The van der Waals surface area contributed by atoms with Crippen molar-refractivity contribution in [1.82, 2.24) is 0 Å². The lowest BCUT2D eigenvalue weighted by Gasteiger charge is -2.18. The summed E-state index contributed by atoms with van der Waals surface area (Å²) in [6.07, 6.45) is 1.87. The van der Waals surface area contributed by atoms with Gasteiger partial charge in [0.2, 0.25) is 0 Å². The van der Waals surface area contributed by atoms with Crippen LogP contribution in [0.3, 0.4) is 0 Å². The molecule has 0 spiro atoms. The van der Waals surface area contributed by atoms with Gasteiger partial charge in [0.1, 0.15) is 16.1 Å². The maximum absolute atomic E-state index is 12.0. The molecule has 0 aliphatic heterocycles. The van der Waals surface area contributed by atoms with Gasteiger partial charge in [-0.15, -0.1) is 0 Å². The molecule has 17 heavy (non-hydrogen) atoms. The molecule has 4 heteroatoms. The molecule has 1 atom stereocenters. The van der Waals surface area contributed by atoms with Crippen LogP contribution >= 0.6 is 15.9 Å². The summed E-state index contributed by atoms with van der Waals surface area (Å²) in [4.78, 5) is 0. The highest BCUT2D eigenvalue weighted by atomic mass is 79.9. The predicted octanol–water partition coefficient (Wildman–Crippen LogP) is 3.65. The van der Waals surface area contributed by atoms with E-state index in [0.717, 1.165) is 28.6 Å². The number of hydrogen-bond acceptors (Lipinski definition) is 2. The number of nitrogens with zero attached hydrogens (tertiary/aromatic N) is 1. The Hall–Kier alpha value is -0.320. The minimum absolute atomic E-state index is 0.290. The first-order chi connectivity index (χ1) is 7.89. The Morgan fingerprint density at radius 1 is 1.29 bits per heavy atom. The van der Waals surface area contributed by atoms with Crippen LogP contribution in [0.25, 0.3) is 0 Å². The topological polar surface area (TPSA) is 35.4 Å². The van der Waals surface area contributed by atoms with E-state index in [1.54, 1.807) is 0 Å². The molecule has 0 amide bonds. The van der Waals surface area contributed by atoms with E-state index in [4.69, 9.17) is 0 Å². The van der Waals surface area contributed by atoms with Crippen LogP contribution in [0.15, 0.2) is 27.1 Å². The molecule has 92 valence electrons. The number of rotatable bonds is 1. The summed E-state index contributed by atoms with van der Waals surface area (Å²) in [6, 6.07) is 6.11. The van der Waals surface area contributed by atoms with Crippen molar-refractivity contribution in [3.05, 3.63) is 33.8 Å². The SMILES string of the molecule is CC(C)(C)[S@+]([O-])N=C1CCc2c(Br)cccc21. The molecule has 1 aromatic carbocycles. The Labute approximate surface area is 114 Å².